The van der Waals surface area contributed by atoms with E-state index in [9.17, 15) is 13.9 Å². The summed E-state index contributed by atoms with van der Waals surface area (Å²) in [6, 6.07) is 3.86. The first-order chi connectivity index (χ1) is 14.6. The molecule has 0 radical (unpaired) electrons. The SMILES string of the molecule is O[C@H]1CC[C@@H](n2c(Nc3ccc(F)cc3F)nc3cnc(NC4CCC4)nc32)CC1. The zero-order chi connectivity index (χ0) is 20.7. The number of benzene rings is 1. The first-order valence-corrected chi connectivity index (χ1v) is 10.5. The fourth-order valence-electron chi connectivity index (χ4n) is 4.16. The Morgan fingerprint density at radius 1 is 1.03 bits per heavy atom. The smallest absolute Gasteiger partial charge is 0.224 e. The molecule has 158 valence electrons. The van der Waals surface area contributed by atoms with E-state index in [4.69, 9.17) is 4.98 Å². The summed E-state index contributed by atoms with van der Waals surface area (Å²) in [6.45, 7) is 0. The minimum Gasteiger partial charge on any atom is -0.393 e. The molecule has 0 unspecified atom stereocenters. The monoisotopic (exact) mass is 414 g/mol. The molecule has 5 rings (SSSR count). The lowest BCUT2D eigenvalue weighted by Crippen LogP contribution is -2.28. The van der Waals surface area contributed by atoms with E-state index < -0.39 is 11.6 Å². The summed E-state index contributed by atoms with van der Waals surface area (Å²) < 4.78 is 29.5. The molecule has 0 amide bonds. The molecule has 2 saturated carbocycles. The highest BCUT2D eigenvalue weighted by atomic mass is 19.1. The summed E-state index contributed by atoms with van der Waals surface area (Å²) in [7, 11) is 0. The number of hydrogen-bond acceptors (Lipinski definition) is 6. The highest BCUT2D eigenvalue weighted by Gasteiger charge is 2.27. The van der Waals surface area contributed by atoms with Crippen molar-refractivity contribution < 1.29 is 13.9 Å². The van der Waals surface area contributed by atoms with Gasteiger partial charge in [0.25, 0.3) is 0 Å². The van der Waals surface area contributed by atoms with E-state index in [2.05, 4.69) is 20.6 Å². The first kappa shape index (κ1) is 19.2. The molecule has 2 fully saturated rings. The van der Waals surface area contributed by atoms with E-state index in [1.54, 1.807) is 6.20 Å². The minimum absolute atomic E-state index is 0.0656. The van der Waals surface area contributed by atoms with Gasteiger partial charge in [-0.2, -0.15) is 4.98 Å². The van der Waals surface area contributed by atoms with Crippen molar-refractivity contribution in [2.75, 3.05) is 10.6 Å². The third-order valence-electron chi connectivity index (χ3n) is 6.08. The summed E-state index contributed by atoms with van der Waals surface area (Å²) in [5.74, 6) is -0.327. The fourth-order valence-corrected chi connectivity index (χ4v) is 4.16. The van der Waals surface area contributed by atoms with Crippen LogP contribution in [0.15, 0.2) is 24.4 Å². The zero-order valence-electron chi connectivity index (χ0n) is 16.5. The quantitative estimate of drug-likeness (QED) is 0.577. The van der Waals surface area contributed by atoms with Gasteiger partial charge < -0.3 is 15.7 Å². The number of imidazole rings is 1. The van der Waals surface area contributed by atoms with Gasteiger partial charge in [-0.05, 0) is 57.1 Å². The molecule has 1 aromatic carbocycles. The summed E-state index contributed by atoms with van der Waals surface area (Å²) in [4.78, 5) is 13.7. The number of aromatic nitrogens is 4. The second-order valence-electron chi connectivity index (χ2n) is 8.19. The highest BCUT2D eigenvalue weighted by Crippen LogP contribution is 2.35. The van der Waals surface area contributed by atoms with E-state index >= 15 is 0 Å². The average Bonchev–Trinajstić information content (AvgIpc) is 3.05. The molecular formula is C21H24F2N6O. The molecule has 0 bridgehead atoms. The van der Waals surface area contributed by atoms with Crippen LogP contribution in [0.4, 0.5) is 26.4 Å². The number of nitrogens with one attached hydrogen (secondary N) is 2. The van der Waals surface area contributed by atoms with Gasteiger partial charge >= 0.3 is 0 Å². The van der Waals surface area contributed by atoms with Gasteiger partial charge in [-0.25, -0.2) is 18.7 Å². The van der Waals surface area contributed by atoms with Gasteiger partial charge in [-0.3, -0.25) is 4.57 Å². The Kier molecular flexibility index (Phi) is 4.98. The summed E-state index contributed by atoms with van der Waals surface area (Å²) in [5.41, 5.74) is 1.41. The van der Waals surface area contributed by atoms with Gasteiger partial charge in [0.1, 0.15) is 17.2 Å². The van der Waals surface area contributed by atoms with Crippen LogP contribution in [-0.4, -0.2) is 36.8 Å². The van der Waals surface area contributed by atoms with Crippen LogP contribution in [0, 0.1) is 11.6 Å². The molecule has 2 aliphatic carbocycles. The second-order valence-corrected chi connectivity index (χ2v) is 8.19. The molecule has 9 heteroatoms. The Balaban J connectivity index is 1.54. The molecule has 7 nitrogen and oxygen atoms in total. The van der Waals surface area contributed by atoms with E-state index in [0.29, 0.717) is 41.9 Å². The van der Waals surface area contributed by atoms with Gasteiger partial charge in [0, 0.05) is 18.2 Å². The maximum absolute atomic E-state index is 14.3. The number of aliphatic hydroxyl groups excluding tert-OH is 1. The Morgan fingerprint density at radius 3 is 2.53 bits per heavy atom. The molecule has 0 atom stereocenters. The van der Waals surface area contributed by atoms with Crippen molar-refractivity contribution in [3.05, 3.63) is 36.0 Å². The molecule has 0 spiro atoms. The average molecular weight is 414 g/mol. The van der Waals surface area contributed by atoms with Crippen molar-refractivity contribution in [1.29, 1.82) is 0 Å². The van der Waals surface area contributed by atoms with Crippen LogP contribution in [0.25, 0.3) is 11.2 Å². The Bertz CT molecular complexity index is 1060. The standard InChI is InChI=1S/C21H24F2N6O/c22-12-4-9-17(16(23)10-12)26-21-27-18-11-24-20(25-13-2-1-3-13)28-19(18)29(21)14-5-7-15(30)8-6-14/h4,9-11,13-15,30H,1-3,5-8H2,(H,26,27)(H,24,25,28)/t14-,15+. The topological polar surface area (TPSA) is 87.9 Å². The minimum atomic E-state index is -0.689. The predicted molar refractivity (Wildman–Crippen MR) is 110 cm³/mol. The maximum atomic E-state index is 14.3. The number of nitrogens with zero attached hydrogens (tertiary/aromatic N) is 4. The first-order valence-electron chi connectivity index (χ1n) is 10.5. The van der Waals surface area contributed by atoms with Crippen LogP contribution in [0.3, 0.4) is 0 Å². The van der Waals surface area contributed by atoms with Crippen LogP contribution in [0.5, 0.6) is 0 Å². The Morgan fingerprint density at radius 2 is 1.83 bits per heavy atom. The number of rotatable bonds is 5. The third-order valence-corrected chi connectivity index (χ3v) is 6.08. The molecule has 0 aliphatic heterocycles. The van der Waals surface area contributed by atoms with E-state index in [0.717, 1.165) is 31.7 Å². The molecule has 0 saturated heterocycles. The molecule has 2 heterocycles. The summed E-state index contributed by atoms with van der Waals surface area (Å²) in [5, 5.41) is 16.3. The second kappa shape index (κ2) is 7.79. The lowest BCUT2D eigenvalue weighted by molar-refractivity contribution is 0.112. The largest absolute Gasteiger partial charge is 0.393 e. The number of hydrogen-bond donors (Lipinski definition) is 3. The van der Waals surface area contributed by atoms with Crippen LogP contribution in [-0.2, 0) is 0 Å². The van der Waals surface area contributed by atoms with Gasteiger partial charge in [0.15, 0.2) is 5.65 Å². The summed E-state index contributed by atoms with van der Waals surface area (Å²) >= 11 is 0. The Hall–Kier alpha value is -2.81. The number of halogens is 2. The molecule has 2 aromatic heterocycles. The van der Waals surface area contributed by atoms with Crippen molar-refractivity contribution in [2.24, 2.45) is 0 Å². The van der Waals surface area contributed by atoms with E-state index in [1.807, 2.05) is 4.57 Å². The number of anilines is 3. The fraction of sp³-hybridized carbons (Fsp3) is 0.476. The molecule has 3 aromatic rings. The lowest BCUT2D eigenvalue weighted by Gasteiger charge is -2.28. The normalized spacial score (nSPS) is 22.1. The molecule has 3 N–H and O–H groups in total. The maximum Gasteiger partial charge on any atom is 0.224 e. The molecule has 2 aliphatic rings. The van der Waals surface area contributed by atoms with Crippen LogP contribution in [0.2, 0.25) is 0 Å². The number of aliphatic hydroxyl groups is 1. The van der Waals surface area contributed by atoms with Crippen molar-refractivity contribution in [3.8, 4) is 0 Å². The van der Waals surface area contributed by atoms with Gasteiger partial charge in [-0.1, -0.05) is 0 Å². The van der Waals surface area contributed by atoms with Crippen LogP contribution in [0.1, 0.15) is 51.0 Å². The zero-order valence-corrected chi connectivity index (χ0v) is 16.5. The summed E-state index contributed by atoms with van der Waals surface area (Å²) in [6.07, 6.45) is 7.71. The predicted octanol–water partition coefficient (Wildman–Crippen LogP) is 4.29. The molecule has 30 heavy (non-hydrogen) atoms. The van der Waals surface area contributed by atoms with Gasteiger partial charge in [-0.15, -0.1) is 0 Å². The van der Waals surface area contributed by atoms with Crippen molar-refractivity contribution in [1.82, 2.24) is 19.5 Å². The van der Waals surface area contributed by atoms with E-state index in [-0.39, 0.29) is 17.8 Å². The van der Waals surface area contributed by atoms with Crippen molar-refractivity contribution >= 4 is 28.7 Å². The Labute approximate surface area is 172 Å². The molecular weight excluding hydrogens is 390 g/mol. The van der Waals surface area contributed by atoms with Gasteiger partial charge in [0.05, 0.1) is 18.0 Å². The van der Waals surface area contributed by atoms with Crippen molar-refractivity contribution in [2.45, 2.75) is 63.1 Å². The third kappa shape index (κ3) is 3.69. The number of fused-ring (bicyclic) bond motifs is 1. The highest BCUT2D eigenvalue weighted by molar-refractivity contribution is 5.76. The van der Waals surface area contributed by atoms with Crippen LogP contribution >= 0.6 is 0 Å². The van der Waals surface area contributed by atoms with Crippen LogP contribution < -0.4 is 10.6 Å². The van der Waals surface area contributed by atoms with E-state index in [1.165, 1.54) is 18.6 Å². The van der Waals surface area contributed by atoms with Gasteiger partial charge in [0.2, 0.25) is 11.9 Å². The van der Waals surface area contributed by atoms with Crippen molar-refractivity contribution in [3.63, 3.8) is 0 Å². The lowest BCUT2D eigenvalue weighted by atomic mass is 9.93.